The second-order valence-electron chi connectivity index (χ2n) is 2.64. The molecule has 0 fully saturated rings. The van der Waals surface area contributed by atoms with Gasteiger partial charge < -0.3 is 10.9 Å². The lowest BCUT2D eigenvalue weighted by Crippen LogP contribution is -2.37. The van der Waals surface area contributed by atoms with Gasteiger partial charge in [-0.3, -0.25) is 0 Å². The van der Waals surface area contributed by atoms with Gasteiger partial charge in [0.05, 0.1) is 0 Å². The van der Waals surface area contributed by atoms with Crippen LogP contribution in [-0.4, -0.2) is 42.6 Å². The first-order valence-corrected chi connectivity index (χ1v) is 5.60. The molecule has 0 saturated carbocycles. The van der Waals surface area contributed by atoms with Crippen molar-refractivity contribution >= 4 is 15.9 Å². The number of sulfonamides is 1. The highest BCUT2D eigenvalue weighted by atomic mass is 32.2. The third kappa shape index (κ3) is 3.96. The van der Waals surface area contributed by atoms with E-state index in [0.29, 0.717) is 4.31 Å². The first kappa shape index (κ1) is 14.0. The topological polar surface area (TPSA) is 96.0 Å². The molecule has 0 aliphatic carbocycles. The number of rotatable bonds is 6. The summed E-state index contributed by atoms with van der Waals surface area (Å²) in [5, 5.41) is 10.8. The maximum atomic E-state index is 12.1. The van der Waals surface area contributed by atoms with Crippen molar-refractivity contribution in [1.29, 1.82) is 0 Å². The Labute approximate surface area is 86.4 Å². The van der Waals surface area contributed by atoms with Crippen molar-refractivity contribution in [2.75, 3.05) is 13.1 Å². The Balaban J connectivity index is 4.52. The minimum atomic E-state index is -4.59. The largest absolute Gasteiger partial charge is 0.409 e. The lowest BCUT2D eigenvalue weighted by atomic mass is 10.4. The molecule has 0 bridgehead atoms. The number of halogens is 2. The molecule has 0 aromatic heterocycles. The summed E-state index contributed by atoms with van der Waals surface area (Å²) in [4.78, 5) is 0. The second kappa shape index (κ2) is 5.81. The smallest absolute Gasteiger partial charge is 0.350 e. The Bertz CT molecular complexity index is 318. The van der Waals surface area contributed by atoms with E-state index < -0.39 is 15.8 Å². The van der Waals surface area contributed by atoms with Crippen molar-refractivity contribution in [1.82, 2.24) is 4.31 Å². The van der Waals surface area contributed by atoms with Crippen molar-refractivity contribution in [2.45, 2.75) is 19.1 Å². The molecule has 0 atom stereocenters. The second-order valence-corrected chi connectivity index (χ2v) is 4.54. The molecule has 6 nitrogen and oxygen atoms in total. The zero-order chi connectivity index (χ0) is 12.1. The van der Waals surface area contributed by atoms with Crippen LogP contribution < -0.4 is 5.73 Å². The van der Waals surface area contributed by atoms with E-state index in [0.717, 1.165) is 0 Å². The summed E-state index contributed by atoms with van der Waals surface area (Å²) in [6, 6.07) is 0. The Hall–Kier alpha value is -0.960. The first-order valence-electron chi connectivity index (χ1n) is 4.09. The summed E-state index contributed by atoms with van der Waals surface area (Å²) in [7, 11) is -4.59. The zero-order valence-electron chi connectivity index (χ0n) is 8.10. The van der Waals surface area contributed by atoms with Gasteiger partial charge in [-0.2, -0.15) is 13.1 Å². The third-order valence-corrected chi connectivity index (χ3v) is 3.29. The van der Waals surface area contributed by atoms with E-state index in [1.165, 1.54) is 6.92 Å². The zero-order valence-corrected chi connectivity index (χ0v) is 8.91. The molecule has 0 aromatic carbocycles. The summed E-state index contributed by atoms with van der Waals surface area (Å²) in [5.74, 6) is -3.66. The van der Waals surface area contributed by atoms with Gasteiger partial charge in [-0.25, -0.2) is 8.42 Å². The van der Waals surface area contributed by atoms with Crippen molar-refractivity contribution in [3.8, 4) is 0 Å². The predicted molar refractivity (Wildman–Crippen MR) is 50.2 cm³/mol. The summed E-state index contributed by atoms with van der Waals surface area (Å²) in [5.41, 5.74) is 5.09. The highest BCUT2D eigenvalue weighted by Gasteiger charge is 2.30. The van der Waals surface area contributed by atoms with Crippen LogP contribution >= 0.6 is 0 Å². The predicted octanol–water partition coefficient (Wildman–Crippen LogP) is -0.00280. The molecular formula is C6H13F2N3O3S. The van der Waals surface area contributed by atoms with Crippen LogP contribution in [0.1, 0.15) is 13.3 Å². The third-order valence-electron chi connectivity index (χ3n) is 1.68. The average Bonchev–Trinajstić information content (AvgIpc) is 2.17. The highest BCUT2D eigenvalue weighted by Crippen LogP contribution is 2.11. The van der Waals surface area contributed by atoms with Crippen LogP contribution in [0.2, 0.25) is 0 Å². The highest BCUT2D eigenvalue weighted by molar-refractivity contribution is 7.89. The molecule has 90 valence electrons. The number of hydrogen-bond acceptors (Lipinski definition) is 4. The van der Waals surface area contributed by atoms with Crippen LogP contribution in [0, 0.1) is 0 Å². The Morgan fingerprint density at radius 1 is 1.60 bits per heavy atom. The molecule has 0 aromatic rings. The molecule has 9 heteroatoms. The van der Waals surface area contributed by atoms with E-state index in [4.69, 9.17) is 10.9 Å². The van der Waals surface area contributed by atoms with Gasteiger partial charge >= 0.3 is 5.76 Å². The van der Waals surface area contributed by atoms with Gasteiger partial charge in [-0.1, -0.05) is 12.1 Å². The van der Waals surface area contributed by atoms with E-state index in [2.05, 4.69) is 5.16 Å². The van der Waals surface area contributed by atoms with E-state index in [1.807, 2.05) is 0 Å². The fourth-order valence-electron chi connectivity index (χ4n) is 0.867. The fraction of sp³-hybridized carbons (Fsp3) is 0.833. The van der Waals surface area contributed by atoms with Gasteiger partial charge in [0.25, 0.3) is 10.0 Å². The molecule has 0 aliphatic rings. The van der Waals surface area contributed by atoms with Crippen LogP contribution in [0.25, 0.3) is 0 Å². The summed E-state index contributed by atoms with van der Waals surface area (Å²) < 4.78 is 46.8. The van der Waals surface area contributed by atoms with Gasteiger partial charge in [-0.05, 0) is 0 Å². The number of amidine groups is 1. The van der Waals surface area contributed by atoms with E-state index in [9.17, 15) is 17.2 Å². The quantitative estimate of drug-likeness (QED) is 0.298. The van der Waals surface area contributed by atoms with Crippen LogP contribution in [0.4, 0.5) is 8.78 Å². The van der Waals surface area contributed by atoms with Gasteiger partial charge in [0.2, 0.25) is 0 Å². The normalized spacial score (nSPS) is 13.8. The SMILES string of the molecule is CCN(CCC(N)=NO)S(=O)(=O)C(F)F. The van der Waals surface area contributed by atoms with Gasteiger partial charge in [-0.15, -0.1) is 0 Å². The minimum Gasteiger partial charge on any atom is -0.409 e. The number of oxime groups is 1. The lowest BCUT2D eigenvalue weighted by molar-refractivity contribution is 0.220. The van der Waals surface area contributed by atoms with E-state index in [1.54, 1.807) is 0 Å². The molecule has 15 heavy (non-hydrogen) atoms. The number of nitrogens with zero attached hydrogens (tertiary/aromatic N) is 2. The molecule has 0 heterocycles. The van der Waals surface area contributed by atoms with Crippen molar-refractivity contribution in [2.24, 2.45) is 10.9 Å². The van der Waals surface area contributed by atoms with E-state index >= 15 is 0 Å². The van der Waals surface area contributed by atoms with Gasteiger partial charge in [0.15, 0.2) is 0 Å². The number of nitrogens with two attached hydrogens (primary N) is 1. The maximum Gasteiger partial charge on any atom is 0.350 e. The van der Waals surface area contributed by atoms with Crippen molar-refractivity contribution < 1.29 is 22.4 Å². The van der Waals surface area contributed by atoms with Gasteiger partial charge in [0.1, 0.15) is 5.84 Å². The first-order chi connectivity index (χ1) is 6.86. The Morgan fingerprint density at radius 3 is 2.47 bits per heavy atom. The minimum absolute atomic E-state index is 0.0919. The number of hydrogen-bond donors (Lipinski definition) is 2. The molecule has 0 saturated heterocycles. The molecular weight excluding hydrogens is 232 g/mol. The Kier molecular flexibility index (Phi) is 5.44. The average molecular weight is 245 g/mol. The molecule has 0 radical (unpaired) electrons. The fourth-order valence-corrected chi connectivity index (χ4v) is 1.80. The van der Waals surface area contributed by atoms with Crippen LogP contribution in [0.15, 0.2) is 5.16 Å². The number of alkyl halides is 2. The van der Waals surface area contributed by atoms with Gasteiger partial charge in [0, 0.05) is 19.5 Å². The molecule has 0 aliphatic heterocycles. The summed E-state index contributed by atoms with van der Waals surface area (Å²) in [6.07, 6.45) is -0.101. The molecule has 0 rings (SSSR count). The van der Waals surface area contributed by atoms with Crippen LogP contribution in [0.5, 0.6) is 0 Å². The molecule has 0 unspecified atom stereocenters. The summed E-state index contributed by atoms with van der Waals surface area (Å²) in [6.45, 7) is 1.09. The summed E-state index contributed by atoms with van der Waals surface area (Å²) >= 11 is 0. The molecule has 3 N–H and O–H groups in total. The molecule has 0 spiro atoms. The maximum absolute atomic E-state index is 12.1. The van der Waals surface area contributed by atoms with Crippen molar-refractivity contribution in [3.63, 3.8) is 0 Å². The lowest BCUT2D eigenvalue weighted by Gasteiger charge is -2.19. The van der Waals surface area contributed by atoms with Crippen LogP contribution in [0.3, 0.4) is 0 Å². The monoisotopic (exact) mass is 245 g/mol. The molecule has 0 amide bonds. The van der Waals surface area contributed by atoms with Crippen LogP contribution in [-0.2, 0) is 10.0 Å². The standard InChI is InChI=1S/C6H13F2N3O3S/c1-2-11(4-3-5(9)10-12)15(13,14)6(7)8/h6,12H,2-4H2,1H3,(H2,9,10). The Morgan fingerprint density at radius 2 is 2.13 bits per heavy atom. The van der Waals surface area contributed by atoms with Crippen molar-refractivity contribution in [3.05, 3.63) is 0 Å². The van der Waals surface area contributed by atoms with E-state index in [-0.39, 0.29) is 25.3 Å².